The van der Waals surface area contributed by atoms with E-state index in [9.17, 15) is 4.39 Å². The van der Waals surface area contributed by atoms with Crippen LogP contribution in [0, 0.1) is 5.82 Å². The highest BCUT2D eigenvalue weighted by Crippen LogP contribution is 2.19. The van der Waals surface area contributed by atoms with Crippen LogP contribution in [-0.2, 0) is 6.42 Å². The van der Waals surface area contributed by atoms with Gasteiger partial charge in [-0.3, -0.25) is 0 Å². The van der Waals surface area contributed by atoms with E-state index < -0.39 is 0 Å². The predicted molar refractivity (Wildman–Crippen MR) is 58.5 cm³/mol. The molecule has 0 aromatic heterocycles. The van der Waals surface area contributed by atoms with Crippen molar-refractivity contribution in [2.75, 3.05) is 19.5 Å². The molecule has 0 saturated heterocycles. The van der Waals surface area contributed by atoms with Gasteiger partial charge in [-0.1, -0.05) is 0 Å². The first-order valence-electron chi connectivity index (χ1n) is 4.42. The van der Waals surface area contributed by atoms with Gasteiger partial charge in [0, 0.05) is 12.4 Å². The van der Waals surface area contributed by atoms with Crippen molar-refractivity contribution in [3.05, 3.63) is 29.6 Å². The van der Waals surface area contributed by atoms with Gasteiger partial charge in [0.1, 0.15) is 11.6 Å². The summed E-state index contributed by atoms with van der Waals surface area (Å²) in [4.78, 5) is 0. The summed E-state index contributed by atoms with van der Waals surface area (Å²) in [6.07, 6.45) is 0.738. The molecule has 78 valence electrons. The Hall–Kier alpha value is -0.740. The Balaban J connectivity index is 2.67. The summed E-state index contributed by atoms with van der Waals surface area (Å²) in [6.45, 7) is 0.767. The fraction of sp³-hybridized carbons (Fsp3) is 0.400. The SMILES string of the molecule is COc1ccc(F)cc1CCNCS. The predicted octanol–water partition coefficient (Wildman–Crippen LogP) is 1.85. The minimum atomic E-state index is -0.230. The van der Waals surface area contributed by atoms with Crippen LogP contribution in [0.5, 0.6) is 5.75 Å². The minimum absolute atomic E-state index is 0.230. The number of halogens is 1. The number of hydrogen-bond acceptors (Lipinski definition) is 3. The van der Waals surface area contributed by atoms with Gasteiger partial charge in [-0.05, 0) is 30.2 Å². The van der Waals surface area contributed by atoms with Gasteiger partial charge >= 0.3 is 0 Å². The molecule has 0 amide bonds. The number of ether oxygens (including phenoxy) is 1. The van der Waals surface area contributed by atoms with Crippen LogP contribution in [0.1, 0.15) is 5.56 Å². The first-order chi connectivity index (χ1) is 6.77. The smallest absolute Gasteiger partial charge is 0.123 e. The molecule has 1 aromatic carbocycles. The monoisotopic (exact) mass is 215 g/mol. The van der Waals surface area contributed by atoms with Crippen LogP contribution in [0.25, 0.3) is 0 Å². The highest BCUT2D eigenvalue weighted by Gasteiger charge is 2.03. The average Bonchev–Trinajstić information content (AvgIpc) is 2.19. The summed E-state index contributed by atoms with van der Waals surface area (Å²) >= 11 is 4.02. The third-order valence-corrected chi connectivity index (χ3v) is 2.15. The van der Waals surface area contributed by atoms with Crippen molar-refractivity contribution >= 4 is 12.6 Å². The summed E-state index contributed by atoms with van der Waals surface area (Å²) in [5.74, 6) is 1.12. The second-order valence-electron chi connectivity index (χ2n) is 2.86. The van der Waals surface area contributed by atoms with Crippen molar-refractivity contribution in [1.29, 1.82) is 0 Å². The molecule has 0 radical (unpaired) electrons. The van der Waals surface area contributed by atoms with Crippen LogP contribution >= 0.6 is 12.6 Å². The second-order valence-corrected chi connectivity index (χ2v) is 3.18. The molecule has 14 heavy (non-hydrogen) atoms. The standard InChI is InChI=1S/C10H14FNOS/c1-13-10-3-2-9(11)6-8(10)4-5-12-7-14/h2-3,6,12,14H,4-5,7H2,1H3. The van der Waals surface area contributed by atoms with Crippen LogP contribution in [0.2, 0.25) is 0 Å². The third-order valence-electron chi connectivity index (χ3n) is 1.93. The lowest BCUT2D eigenvalue weighted by atomic mass is 10.1. The number of rotatable bonds is 5. The second kappa shape index (κ2) is 5.88. The molecule has 1 rings (SSSR count). The number of benzene rings is 1. The fourth-order valence-electron chi connectivity index (χ4n) is 1.24. The van der Waals surface area contributed by atoms with Crippen LogP contribution in [-0.4, -0.2) is 19.5 Å². The Morgan fingerprint density at radius 1 is 1.50 bits per heavy atom. The van der Waals surface area contributed by atoms with Crippen molar-refractivity contribution in [2.24, 2.45) is 0 Å². The maximum absolute atomic E-state index is 12.9. The zero-order valence-corrected chi connectivity index (χ0v) is 8.98. The van der Waals surface area contributed by atoms with Gasteiger partial charge in [-0.2, -0.15) is 12.6 Å². The summed E-state index contributed by atoms with van der Waals surface area (Å²) in [5, 5.41) is 3.05. The van der Waals surface area contributed by atoms with E-state index in [-0.39, 0.29) is 5.82 Å². The molecule has 1 aromatic rings. The summed E-state index contributed by atoms with van der Waals surface area (Å²) in [5.41, 5.74) is 0.877. The minimum Gasteiger partial charge on any atom is -0.496 e. The normalized spacial score (nSPS) is 10.2. The van der Waals surface area contributed by atoms with Gasteiger partial charge in [0.15, 0.2) is 0 Å². The topological polar surface area (TPSA) is 21.3 Å². The molecule has 0 saturated carbocycles. The molecule has 0 fully saturated rings. The molecule has 1 N–H and O–H groups in total. The molecule has 2 nitrogen and oxygen atoms in total. The lowest BCUT2D eigenvalue weighted by Gasteiger charge is -2.08. The van der Waals surface area contributed by atoms with Gasteiger partial charge in [0.25, 0.3) is 0 Å². The van der Waals surface area contributed by atoms with Crippen LogP contribution in [0.3, 0.4) is 0 Å². The lowest BCUT2D eigenvalue weighted by Crippen LogP contribution is -2.15. The van der Waals surface area contributed by atoms with Crippen molar-refractivity contribution in [1.82, 2.24) is 5.32 Å². The summed E-state index contributed by atoms with van der Waals surface area (Å²) in [7, 11) is 1.59. The fourth-order valence-corrected chi connectivity index (χ4v) is 1.40. The Labute approximate surface area is 88.9 Å². The van der Waals surface area contributed by atoms with Gasteiger partial charge in [-0.15, -0.1) is 0 Å². The van der Waals surface area contributed by atoms with Crippen molar-refractivity contribution in [3.8, 4) is 5.75 Å². The zero-order valence-electron chi connectivity index (χ0n) is 8.09. The maximum Gasteiger partial charge on any atom is 0.123 e. The molecular weight excluding hydrogens is 201 g/mol. The Morgan fingerprint density at radius 2 is 2.29 bits per heavy atom. The molecule has 0 spiro atoms. The summed E-state index contributed by atoms with van der Waals surface area (Å²) < 4.78 is 18.0. The molecule has 0 aliphatic heterocycles. The van der Waals surface area contributed by atoms with E-state index in [1.54, 1.807) is 13.2 Å². The van der Waals surface area contributed by atoms with E-state index in [0.717, 1.165) is 24.3 Å². The van der Waals surface area contributed by atoms with Crippen molar-refractivity contribution in [2.45, 2.75) is 6.42 Å². The van der Waals surface area contributed by atoms with E-state index in [1.807, 2.05) is 0 Å². The first kappa shape index (κ1) is 11.3. The van der Waals surface area contributed by atoms with E-state index in [0.29, 0.717) is 5.88 Å². The van der Waals surface area contributed by atoms with Gasteiger partial charge < -0.3 is 10.1 Å². The first-order valence-corrected chi connectivity index (χ1v) is 5.05. The number of thiol groups is 1. The van der Waals surface area contributed by atoms with Crippen molar-refractivity contribution in [3.63, 3.8) is 0 Å². The maximum atomic E-state index is 12.9. The highest BCUT2D eigenvalue weighted by molar-refractivity contribution is 7.80. The molecule has 0 heterocycles. The molecule has 0 aliphatic carbocycles. The summed E-state index contributed by atoms with van der Waals surface area (Å²) in [6, 6.07) is 4.54. The van der Waals surface area contributed by atoms with Gasteiger partial charge in [-0.25, -0.2) is 4.39 Å². The Bertz CT molecular complexity index is 293. The van der Waals surface area contributed by atoms with E-state index in [4.69, 9.17) is 4.74 Å². The van der Waals surface area contributed by atoms with Crippen LogP contribution < -0.4 is 10.1 Å². The molecule has 0 bridgehead atoms. The van der Waals surface area contributed by atoms with E-state index >= 15 is 0 Å². The van der Waals surface area contributed by atoms with Crippen molar-refractivity contribution < 1.29 is 9.13 Å². The largest absolute Gasteiger partial charge is 0.496 e. The van der Waals surface area contributed by atoms with E-state index in [2.05, 4.69) is 17.9 Å². The van der Waals surface area contributed by atoms with Gasteiger partial charge in [0.2, 0.25) is 0 Å². The molecule has 0 aliphatic rings. The third kappa shape index (κ3) is 3.20. The quantitative estimate of drug-likeness (QED) is 0.444. The number of nitrogens with one attached hydrogen (secondary N) is 1. The molecule has 0 unspecified atom stereocenters. The lowest BCUT2D eigenvalue weighted by molar-refractivity contribution is 0.408. The average molecular weight is 215 g/mol. The van der Waals surface area contributed by atoms with E-state index in [1.165, 1.54) is 12.1 Å². The molecule has 4 heteroatoms. The Kier molecular flexibility index (Phi) is 4.76. The number of hydrogen-bond donors (Lipinski definition) is 2. The van der Waals surface area contributed by atoms with Gasteiger partial charge in [0.05, 0.1) is 7.11 Å². The van der Waals surface area contributed by atoms with Crippen LogP contribution in [0.15, 0.2) is 18.2 Å². The zero-order chi connectivity index (χ0) is 10.4. The molecular formula is C10H14FNOS. The Morgan fingerprint density at radius 3 is 2.93 bits per heavy atom. The highest BCUT2D eigenvalue weighted by atomic mass is 32.1. The molecule has 0 atom stereocenters. The number of methoxy groups -OCH3 is 1. The van der Waals surface area contributed by atoms with Crippen LogP contribution in [0.4, 0.5) is 4.39 Å².